The van der Waals surface area contributed by atoms with E-state index in [9.17, 15) is 8.42 Å². The van der Waals surface area contributed by atoms with Crippen LogP contribution >= 0.6 is 34.3 Å². The molecule has 0 bridgehead atoms. The third-order valence-corrected chi connectivity index (χ3v) is 6.63. The zero-order chi connectivity index (χ0) is 13.3. The normalized spacial score (nSPS) is 13.7. The Hall–Kier alpha value is -0.600. The molecule has 0 aromatic carbocycles. The number of hydrogen-bond donors (Lipinski definition) is 2. The lowest BCUT2D eigenvalue weighted by atomic mass is 10.3. The number of nitrogen functional groups attached to an aromatic ring is 1. The van der Waals surface area contributed by atoms with Gasteiger partial charge in [0.15, 0.2) is 0 Å². The van der Waals surface area contributed by atoms with Crippen LogP contribution in [-0.4, -0.2) is 8.42 Å². The first-order chi connectivity index (χ1) is 8.38. The molecule has 1 unspecified atom stereocenters. The number of halogens is 1. The summed E-state index contributed by atoms with van der Waals surface area (Å²) in [4.78, 5) is 0.869. The van der Waals surface area contributed by atoms with Crippen LogP contribution in [0.25, 0.3) is 0 Å². The Labute approximate surface area is 118 Å². The summed E-state index contributed by atoms with van der Waals surface area (Å²) in [7, 11) is -3.53. The monoisotopic (exact) mass is 322 g/mol. The van der Waals surface area contributed by atoms with Gasteiger partial charge in [-0.1, -0.05) is 11.6 Å². The van der Waals surface area contributed by atoms with Gasteiger partial charge in [0.1, 0.15) is 4.21 Å². The van der Waals surface area contributed by atoms with Crippen molar-refractivity contribution in [2.75, 3.05) is 5.73 Å². The minimum absolute atomic E-state index is 0.217. The van der Waals surface area contributed by atoms with Crippen LogP contribution in [0.15, 0.2) is 27.8 Å². The molecule has 0 fully saturated rings. The van der Waals surface area contributed by atoms with Crippen LogP contribution in [0.4, 0.5) is 5.69 Å². The fraction of sp³-hybridized carbons (Fsp3) is 0.200. The first-order valence-corrected chi connectivity index (χ1v) is 8.56. The van der Waals surface area contributed by atoms with Gasteiger partial charge in [-0.15, -0.1) is 22.7 Å². The predicted molar refractivity (Wildman–Crippen MR) is 76.8 cm³/mol. The first kappa shape index (κ1) is 13.8. The van der Waals surface area contributed by atoms with Gasteiger partial charge in [0, 0.05) is 15.9 Å². The molecular weight excluding hydrogens is 312 g/mol. The van der Waals surface area contributed by atoms with E-state index in [0.717, 1.165) is 16.2 Å². The minimum atomic E-state index is -3.53. The molecular formula is C10H11ClN2O2S3. The summed E-state index contributed by atoms with van der Waals surface area (Å²) in [5.74, 6) is 0. The van der Waals surface area contributed by atoms with Crippen molar-refractivity contribution in [2.24, 2.45) is 0 Å². The van der Waals surface area contributed by atoms with Crippen LogP contribution in [0.1, 0.15) is 17.8 Å². The summed E-state index contributed by atoms with van der Waals surface area (Å²) in [6, 6.07) is 4.68. The average Bonchev–Trinajstić information content (AvgIpc) is 2.86. The summed E-state index contributed by atoms with van der Waals surface area (Å²) >= 11 is 8.28. The molecule has 0 saturated carbocycles. The molecule has 2 aromatic rings. The van der Waals surface area contributed by atoms with Crippen molar-refractivity contribution >= 4 is 50.0 Å². The van der Waals surface area contributed by atoms with Gasteiger partial charge < -0.3 is 5.73 Å². The van der Waals surface area contributed by atoms with Crippen molar-refractivity contribution in [1.29, 1.82) is 0 Å². The van der Waals surface area contributed by atoms with Crippen molar-refractivity contribution in [3.05, 3.63) is 32.8 Å². The van der Waals surface area contributed by atoms with E-state index in [1.54, 1.807) is 18.4 Å². The lowest BCUT2D eigenvalue weighted by Gasteiger charge is -2.11. The van der Waals surface area contributed by atoms with E-state index in [4.69, 9.17) is 17.3 Å². The molecule has 2 heterocycles. The van der Waals surface area contributed by atoms with Crippen LogP contribution < -0.4 is 10.5 Å². The Balaban J connectivity index is 2.18. The molecule has 0 aliphatic heterocycles. The Morgan fingerprint density at radius 2 is 2.17 bits per heavy atom. The number of anilines is 1. The average molecular weight is 323 g/mol. The molecule has 4 nitrogen and oxygen atoms in total. The Bertz CT molecular complexity index is 648. The summed E-state index contributed by atoms with van der Waals surface area (Å²) in [6.07, 6.45) is 0. The molecule has 8 heteroatoms. The van der Waals surface area contributed by atoms with Crippen molar-refractivity contribution in [3.63, 3.8) is 0 Å². The first-order valence-electron chi connectivity index (χ1n) is 5.00. The van der Waals surface area contributed by atoms with E-state index < -0.39 is 10.0 Å². The van der Waals surface area contributed by atoms with Crippen molar-refractivity contribution in [2.45, 2.75) is 17.2 Å². The maximum atomic E-state index is 12.1. The van der Waals surface area contributed by atoms with E-state index >= 15 is 0 Å². The van der Waals surface area contributed by atoms with Gasteiger partial charge in [-0.05, 0) is 25.1 Å². The smallest absolute Gasteiger partial charge is 0.250 e. The maximum absolute atomic E-state index is 12.1. The highest BCUT2D eigenvalue weighted by molar-refractivity contribution is 7.91. The number of thiophene rings is 2. The SMILES string of the molecule is CC(NS(=O)(=O)c1cc(N)cs1)c1ccc(Cl)s1. The lowest BCUT2D eigenvalue weighted by Crippen LogP contribution is -2.25. The van der Waals surface area contributed by atoms with Crippen LogP contribution in [0.3, 0.4) is 0 Å². The standard InChI is InChI=1S/C10H11ClN2O2S3/c1-6(8-2-3-9(11)17-8)13-18(14,15)10-4-7(12)5-16-10/h2-6,13H,12H2,1H3. The predicted octanol–water partition coefficient (Wildman–Crippen LogP) is 3.08. The van der Waals surface area contributed by atoms with E-state index in [0.29, 0.717) is 10.0 Å². The Morgan fingerprint density at radius 1 is 1.44 bits per heavy atom. The lowest BCUT2D eigenvalue weighted by molar-refractivity contribution is 0.570. The third kappa shape index (κ3) is 3.04. The van der Waals surface area contributed by atoms with E-state index in [1.165, 1.54) is 17.4 Å². The number of nitrogens with two attached hydrogens (primary N) is 1. The number of nitrogens with one attached hydrogen (secondary N) is 1. The van der Waals surface area contributed by atoms with Crippen molar-refractivity contribution < 1.29 is 8.42 Å². The molecule has 0 aliphatic rings. The van der Waals surface area contributed by atoms with Gasteiger partial charge in [0.2, 0.25) is 0 Å². The molecule has 0 radical (unpaired) electrons. The quantitative estimate of drug-likeness (QED) is 0.908. The molecule has 2 rings (SSSR count). The van der Waals surface area contributed by atoms with Crippen LogP contribution in [0.2, 0.25) is 4.34 Å². The van der Waals surface area contributed by atoms with Gasteiger partial charge >= 0.3 is 0 Å². The number of sulfonamides is 1. The topological polar surface area (TPSA) is 72.2 Å². The second-order valence-electron chi connectivity index (χ2n) is 3.68. The zero-order valence-electron chi connectivity index (χ0n) is 9.38. The summed E-state index contributed by atoms with van der Waals surface area (Å²) in [6.45, 7) is 1.77. The zero-order valence-corrected chi connectivity index (χ0v) is 12.6. The van der Waals surface area contributed by atoms with E-state index in [2.05, 4.69) is 4.72 Å². The molecule has 98 valence electrons. The number of hydrogen-bond acceptors (Lipinski definition) is 5. The van der Waals surface area contributed by atoms with Gasteiger partial charge in [0.05, 0.1) is 10.4 Å². The van der Waals surface area contributed by atoms with Crippen molar-refractivity contribution in [3.8, 4) is 0 Å². The fourth-order valence-corrected chi connectivity index (χ4v) is 4.84. The Kier molecular flexibility index (Phi) is 3.98. The highest BCUT2D eigenvalue weighted by Gasteiger charge is 2.20. The van der Waals surface area contributed by atoms with Crippen LogP contribution in [-0.2, 0) is 10.0 Å². The highest BCUT2D eigenvalue weighted by Crippen LogP contribution is 2.29. The van der Waals surface area contributed by atoms with Crippen molar-refractivity contribution in [1.82, 2.24) is 4.72 Å². The van der Waals surface area contributed by atoms with Gasteiger partial charge in [-0.2, -0.15) is 0 Å². The van der Waals surface area contributed by atoms with Gasteiger partial charge in [-0.25, -0.2) is 13.1 Å². The minimum Gasteiger partial charge on any atom is -0.398 e. The maximum Gasteiger partial charge on any atom is 0.250 e. The third-order valence-electron chi connectivity index (χ3n) is 2.21. The fourth-order valence-electron chi connectivity index (χ4n) is 1.38. The molecule has 2 aromatic heterocycles. The summed E-state index contributed by atoms with van der Waals surface area (Å²) < 4.78 is 27.5. The van der Waals surface area contributed by atoms with Gasteiger partial charge in [0.25, 0.3) is 10.0 Å². The molecule has 0 amide bonds. The molecule has 0 saturated heterocycles. The molecule has 0 spiro atoms. The second-order valence-corrected chi connectivity index (χ2v) is 8.28. The number of rotatable bonds is 4. The summed E-state index contributed by atoms with van der Waals surface area (Å²) in [5, 5.41) is 1.60. The van der Waals surface area contributed by atoms with E-state index in [-0.39, 0.29) is 10.3 Å². The molecule has 3 N–H and O–H groups in total. The Morgan fingerprint density at radius 3 is 2.67 bits per heavy atom. The van der Waals surface area contributed by atoms with Crippen LogP contribution in [0, 0.1) is 0 Å². The van der Waals surface area contributed by atoms with Crippen LogP contribution in [0.5, 0.6) is 0 Å². The largest absolute Gasteiger partial charge is 0.398 e. The molecule has 18 heavy (non-hydrogen) atoms. The second kappa shape index (κ2) is 5.18. The van der Waals surface area contributed by atoms with E-state index in [1.807, 2.05) is 6.07 Å². The molecule has 1 atom stereocenters. The highest BCUT2D eigenvalue weighted by atomic mass is 35.5. The molecule has 0 aliphatic carbocycles. The summed E-state index contributed by atoms with van der Waals surface area (Å²) in [5.41, 5.74) is 5.97. The van der Waals surface area contributed by atoms with Gasteiger partial charge in [-0.3, -0.25) is 0 Å².